The summed E-state index contributed by atoms with van der Waals surface area (Å²) in [5, 5.41) is 2.71. The van der Waals surface area contributed by atoms with Crippen LogP contribution in [0.25, 0.3) is 6.08 Å². The van der Waals surface area contributed by atoms with Gasteiger partial charge in [-0.15, -0.1) is 0 Å². The van der Waals surface area contributed by atoms with Gasteiger partial charge in [-0.3, -0.25) is 4.79 Å². The van der Waals surface area contributed by atoms with Crippen molar-refractivity contribution >= 4 is 23.9 Å². The molecule has 3 rings (SSSR count). The fraction of sp³-hybridized carbons (Fsp3) is 0.227. The molecule has 0 saturated heterocycles. The number of amides is 1. The van der Waals surface area contributed by atoms with Crippen LogP contribution in [0.15, 0.2) is 48.5 Å². The third kappa shape index (κ3) is 5.38. The maximum Gasteiger partial charge on any atom is 0.337 e. The molecule has 0 aromatic heterocycles. The number of benzene rings is 2. The molecule has 1 aliphatic heterocycles. The second-order valence-electron chi connectivity index (χ2n) is 6.43. The van der Waals surface area contributed by atoms with Gasteiger partial charge in [-0.25, -0.2) is 9.59 Å². The van der Waals surface area contributed by atoms with Crippen LogP contribution >= 0.6 is 0 Å². The summed E-state index contributed by atoms with van der Waals surface area (Å²) in [4.78, 5) is 35.5. The highest BCUT2D eigenvalue weighted by atomic mass is 16.7. The summed E-state index contributed by atoms with van der Waals surface area (Å²) in [5.74, 6) is -0.217. The lowest BCUT2D eigenvalue weighted by atomic mass is 10.1. The van der Waals surface area contributed by atoms with Crippen LogP contribution in [0, 0.1) is 0 Å². The zero-order valence-corrected chi connectivity index (χ0v) is 16.5. The fourth-order valence-electron chi connectivity index (χ4n) is 2.66. The van der Waals surface area contributed by atoms with Gasteiger partial charge >= 0.3 is 11.9 Å². The molecule has 2 aromatic carbocycles. The minimum atomic E-state index is -0.960. The van der Waals surface area contributed by atoms with Gasteiger partial charge in [0.2, 0.25) is 6.79 Å². The van der Waals surface area contributed by atoms with E-state index in [0.717, 1.165) is 5.56 Å². The molecule has 0 unspecified atom stereocenters. The predicted octanol–water partition coefficient (Wildman–Crippen LogP) is 2.46. The van der Waals surface area contributed by atoms with Crippen molar-refractivity contribution in [3.8, 4) is 11.5 Å². The van der Waals surface area contributed by atoms with Crippen molar-refractivity contribution in [2.45, 2.75) is 19.6 Å². The van der Waals surface area contributed by atoms with Gasteiger partial charge in [-0.1, -0.05) is 18.2 Å². The molecule has 156 valence electrons. The van der Waals surface area contributed by atoms with Crippen LogP contribution in [0.3, 0.4) is 0 Å². The molecule has 8 heteroatoms. The number of methoxy groups -OCH3 is 1. The monoisotopic (exact) mass is 411 g/mol. The molecular weight excluding hydrogens is 390 g/mol. The summed E-state index contributed by atoms with van der Waals surface area (Å²) < 4.78 is 20.3. The van der Waals surface area contributed by atoms with E-state index in [1.807, 2.05) is 6.07 Å². The molecule has 0 radical (unpaired) electrons. The lowest BCUT2D eigenvalue weighted by Gasteiger charge is -2.12. The van der Waals surface area contributed by atoms with Crippen molar-refractivity contribution in [1.29, 1.82) is 0 Å². The third-order valence-corrected chi connectivity index (χ3v) is 4.31. The van der Waals surface area contributed by atoms with Gasteiger partial charge < -0.3 is 24.3 Å². The van der Waals surface area contributed by atoms with Crippen LogP contribution in [0.1, 0.15) is 28.4 Å². The van der Waals surface area contributed by atoms with Gasteiger partial charge in [0.15, 0.2) is 17.6 Å². The number of hydrogen-bond acceptors (Lipinski definition) is 7. The Morgan fingerprint density at radius 3 is 2.57 bits per heavy atom. The molecule has 1 aliphatic rings. The highest BCUT2D eigenvalue weighted by Gasteiger charge is 2.17. The van der Waals surface area contributed by atoms with E-state index in [9.17, 15) is 14.4 Å². The molecule has 2 aromatic rings. The molecule has 0 spiro atoms. The smallest absolute Gasteiger partial charge is 0.337 e. The van der Waals surface area contributed by atoms with Crippen LogP contribution in [0.4, 0.5) is 0 Å². The highest BCUT2D eigenvalue weighted by Crippen LogP contribution is 2.32. The lowest BCUT2D eigenvalue weighted by molar-refractivity contribution is -0.150. The summed E-state index contributed by atoms with van der Waals surface area (Å²) in [6, 6.07) is 11.9. The molecule has 8 nitrogen and oxygen atoms in total. The van der Waals surface area contributed by atoms with E-state index in [-0.39, 0.29) is 13.3 Å². The van der Waals surface area contributed by atoms with Crippen LogP contribution < -0.4 is 14.8 Å². The summed E-state index contributed by atoms with van der Waals surface area (Å²) in [5.41, 5.74) is 1.94. The number of rotatable bonds is 7. The zero-order chi connectivity index (χ0) is 21.5. The highest BCUT2D eigenvalue weighted by molar-refractivity contribution is 5.91. The average molecular weight is 411 g/mol. The summed E-state index contributed by atoms with van der Waals surface area (Å²) in [6.45, 7) is 1.94. The Morgan fingerprint density at radius 1 is 1.10 bits per heavy atom. The third-order valence-electron chi connectivity index (χ3n) is 4.31. The number of fused-ring (bicyclic) bond motifs is 1. The topological polar surface area (TPSA) is 100 Å². The Hall–Kier alpha value is -3.81. The first kappa shape index (κ1) is 20.9. The Kier molecular flexibility index (Phi) is 6.69. The number of ether oxygens (including phenoxy) is 4. The fourth-order valence-corrected chi connectivity index (χ4v) is 2.66. The van der Waals surface area contributed by atoms with E-state index in [1.54, 1.807) is 36.4 Å². The molecule has 0 bridgehead atoms. The van der Waals surface area contributed by atoms with E-state index in [4.69, 9.17) is 14.2 Å². The first-order chi connectivity index (χ1) is 14.5. The predicted molar refractivity (Wildman–Crippen MR) is 107 cm³/mol. The van der Waals surface area contributed by atoms with E-state index < -0.39 is 23.9 Å². The Bertz CT molecular complexity index is 966. The van der Waals surface area contributed by atoms with E-state index in [1.165, 1.54) is 26.2 Å². The van der Waals surface area contributed by atoms with E-state index in [2.05, 4.69) is 10.1 Å². The summed E-state index contributed by atoms with van der Waals surface area (Å²) in [7, 11) is 1.30. The Labute approximate surface area is 173 Å². The number of carbonyl (C=O) groups is 3. The van der Waals surface area contributed by atoms with Crippen LogP contribution in [0.5, 0.6) is 11.5 Å². The summed E-state index contributed by atoms with van der Waals surface area (Å²) in [6.07, 6.45) is 1.79. The molecule has 0 aliphatic carbocycles. The van der Waals surface area contributed by atoms with E-state index in [0.29, 0.717) is 22.6 Å². The molecular formula is C22H21NO7. The number of nitrogens with one attached hydrogen (secondary N) is 1. The number of esters is 2. The van der Waals surface area contributed by atoms with Gasteiger partial charge in [0, 0.05) is 12.6 Å². The minimum absolute atomic E-state index is 0.182. The maximum absolute atomic E-state index is 12.2. The molecule has 1 amide bonds. The Morgan fingerprint density at radius 2 is 1.83 bits per heavy atom. The summed E-state index contributed by atoms with van der Waals surface area (Å²) >= 11 is 0. The quantitative estimate of drug-likeness (QED) is 0.552. The lowest BCUT2D eigenvalue weighted by Crippen LogP contribution is -2.35. The molecule has 0 fully saturated rings. The SMILES string of the molecule is COC(=O)c1ccc(/C=C/C(=O)O[C@H](C)C(=O)NCc2ccc3c(c2)OCO3)cc1. The second-order valence-corrected chi connectivity index (χ2v) is 6.43. The Balaban J connectivity index is 1.46. The first-order valence-electron chi connectivity index (χ1n) is 9.19. The van der Waals surface area contributed by atoms with Crippen molar-refractivity contribution in [3.63, 3.8) is 0 Å². The van der Waals surface area contributed by atoms with Crippen LogP contribution in [0.2, 0.25) is 0 Å². The van der Waals surface area contributed by atoms with Crippen molar-refractivity contribution < 1.29 is 33.3 Å². The van der Waals surface area contributed by atoms with Crippen molar-refractivity contribution in [1.82, 2.24) is 5.32 Å². The molecule has 30 heavy (non-hydrogen) atoms. The molecule has 1 atom stereocenters. The van der Waals surface area contributed by atoms with E-state index >= 15 is 0 Å². The minimum Gasteiger partial charge on any atom is -0.465 e. The average Bonchev–Trinajstić information content (AvgIpc) is 3.23. The van der Waals surface area contributed by atoms with Gasteiger partial charge in [0.1, 0.15) is 0 Å². The number of hydrogen-bond donors (Lipinski definition) is 1. The van der Waals surface area contributed by atoms with Crippen molar-refractivity contribution in [2.24, 2.45) is 0 Å². The number of carbonyl (C=O) groups excluding carboxylic acids is 3. The van der Waals surface area contributed by atoms with Gasteiger partial charge in [0.05, 0.1) is 12.7 Å². The molecule has 0 saturated carbocycles. The first-order valence-corrected chi connectivity index (χ1v) is 9.19. The largest absolute Gasteiger partial charge is 0.465 e. The second kappa shape index (κ2) is 9.60. The van der Waals surface area contributed by atoms with Crippen molar-refractivity contribution in [3.05, 3.63) is 65.2 Å². The van der Waals surface area contributed by atoms with Crippen molar-refractivity contribution in [2.75, 3.05) is 13.9 Å². The molecule has 1 N–H and O–H groups in total. The standard InChI is InChI=1S/C22H21NO7/c1-14(21(25)23-12-16-5-9-18-19(11-16)29-13-28-18)30-20(24)10-6-15-3-7-17(8-4-15)22(26)27-2/h3-11,14H,12-13H2,1-2H3,(H,23,25)/b10-6+/t14-/m1/s1. The van der Waals surface area contributed by atoms with Gasteiger partial charge in [0.25, 0.3) is 5.91 Å². The van der Waals surface area contributed by atoms with Gasteiger partial charge in [-0.2, -0.15) is 0 Å². The van der Waals surface area contributed by atoms with Gasteiger partial charge in [-0.05, 0) is 48.4 Å². The maximum atomic E-state index is 12.2. The molecule has 1 heterocycles. The normalized spacial score (nSPS) is 13.0. The zero-order valence-electron chi connectivity index (χ0n) is 16.5. The van der Waals surface area contributed by atoms with Crippen LogP contribution in [-0.2, 0) is 25.6 Å². The van der Waals surface area contributed by atoms with Crippen LogP contribution in [-0.4, -0.2) is 37.9 Å².